The molecule has 0 saturated heterocycles. The van der Waals surface area contributed by atoms with Gasteiger partial charge in [0.25, 0.3) is 0 Å². The Kier molecular flexibility index (Phi) is 3.31. The van der Waals surface area contributed by atoms with Crippen LogP contribution < -0.4 is 0 Å². The van der Waals surface area contributed by atoms with Crippen LogP contribution in [0.25, 0.3) is 11.1 Å². The van der Waals surface area contributed by atoms with E-state index < -0.39 is 0 Å². The maximum Gasteiger partial charge on any atom is 0.308 e. The van der Waals surface area contributed by atoms with Crippen LogP contribution in [0.2, 0.25) is 0 Å². The zero-order valence-electron chi connectivity index (χ0n) is 11.8. The molecule has 0 radical (unpaired) electrons. The second kappa shape index (κ2) is 5.12. The molecule has 2 aromatic rings. The van der Waals surface area contributed by atoms with Crippen LogP contribution in [0, 0.1) is 5.92 Å². The summed E-state index contributed by atoms with van der Waals surface area (Å²) in [4.78, 5) is 11.7. The van der Waals surface area contributed by atoms with Crippen molar-refractivity contribution in [1.29, 1.82) is 0 Å². The maximum atomic E-state index is 11.7. The molecule has 0 bridgehead atoms. The summed E-state index contributed by atoms with van der Waals surface area (Å²) < 4.78 is 5.46. The quantitative estimate of drug-likeness (QED) is 0.785. The molecular weight excluding hydrogens is 248 g/mol. The molecule has 0 aromatic heterocycles. The number of fused-ring (bicyclic) bond motifs is 3. The van der Waals surface area contributed by atoms with Crippen LogP contribution in [0.1, 0.15) is 30.9 Å². The van der Waals surface area contributed by atoms with E-state index >= 15 is 0 Å². The summed E-state index contributed by atoms with van der Waals surface area (Å²) in [6, 6.07) is 16.7. The molecule has 0 amide bonds. The van der Waals surface area contributed by atoms with E-state index in [4.69, 9.17) is 4.74 Å². The largest absolute Gasteiger partial charge is 0.464 e. The molecule has 0 heterocycles. The van der Waals surface area contributed by atoms with E-state index in [1.54, 1.807) is 0 Å². The Morgan fingerprint density at radius 2 is 1.50 bits per heavy atom. The fourth-order valence-corrected chi connectivity index (χ4v) is 2.77. The molecule has 3 rings (SSSR count). The van der Waals surface area contributed by atoms with Crippen LogP contribution in [-0.4, -0.2) is 12.6 Å². The monoisotopic (exact) mass is 266 g/mol. The Balaban J connectivity index is 1.93. The zero-order valence-corrected chi connectivity index (χ0v) is 11.8. The van der Waals surface area contributed by atoms with Crippen LogP contribution in [-0.2, 0) is 9.53 Å². The lowest BCUT2D eigenvalue weighted by atomic mass is 9.98. The first kappa shape index (κ1) is 12.9. The maximum absolute atomic E-state index is 11.7. The summed E-state index contributed by atoms with van der Waals surface area (Å²) in [5.74, 6) is -0.0566. The van der Waals surface area contributed by atoms with Gasteiger partial charge in [0.2, 0.25) is 0 Å². The molecule has 0 unspecified atom stereocenters. The molecule has 2 heteroatoms. The minimum absolute atomic E-state index is 0.0816. The first-order valence-corrected chi connectivity index (χ1v) is 7.03. The van der Waals surface area contributed by atoms with Gasteiger partial charge >= 0.3 is 5.97 Å². The Hall–Kier alpha value is -2.09. The van der Waals surface area contributed by atoms with E-state index in [0.29, 0.717) is 6.61 Å². The van der Waals surface area contributed by atoms with Gasteiger partial charge in [0, 0.05) is 5.92 Å². The molecule has 0 N–H and O–H groups in total. The van der Waals surface area contributed by atoms with Crippen molar-refractivity contribution in [1.82, 2.24) is 0 Å². The van der Waals surface area contributed by atoms with E-state index in [-0.39, 0.29) is 17.8 Å². The van der Waals surface area contributed by atoms with Crippen molar-refractivity contribution in [3.8, 4) is 11.1 Å². The van der Waals surface area contributed by atoms with E-state index in [0.717, 1.165) is 0 Å². The molecule has 102 valence electrons. The molecule has 1 aliphatic carbocycles. The summed E-state index contributed by atoms with van der Waals surface area (Å²) >= 11 is 0. The Morgan fingerprint density at radius 1 is 1.00 bits per heavy atom. The van der Waals surface area contributed by atoms with Crippen molar-refractivity contribution >= 4 is 5.97 Å². The third kappa shape index (κ3) is 2.11. The fraction of sp³-hybridized carbons (Fsp3) is 0.278. The Labute approximate surface area is 119 Å². The Morgan fingerprint density at radius 3 is 2.00 bits per heavy atom. The number of carbonyl (C=O) groups is 1. The van der Waals surface area contributed by atoms with E-state index in [9.17, 15) is 4.79 Å². The molecule has 0 fully saturated rings. The third-order valence-corrected chi connectivity index (χ3v) is 3.83. The van der Waals surface area contributed by atoms with Crippen molar-refractivity contribution in [2.75, 3.05) is 6.61 Å². The van der Waals surface area contributed by atoms with Crippen LogP contribution in [0.5, 0.6) is 0 Å². The summed E-state index contributed by atoms with van der Waals surface area (Å²) in [6.45, 7) is 4.14. The number of benzene rings is 2. The van der Waals surface area contributed by atoms with Gasteiger partial charge in [-0.3, -0.25) is 4.79 Å². The van der Waals surface area contributed by atoms with Gasteiger partial charge in [-0.2, -0.15) is 0 Å². The highest BCUT2D eigenvalue weighted by molar-refractivity contribution is 5.79. The van der Waals surface area contributed by atoms with Gasteiger partial charge in [0.05, 0.1) is 5.92 Å². The van der Waals surface area contributed by atoms with Crippen molar-refractivity contribution < 1.29 is 9.53 Å². The van der Waals surface area contributed by atoms with E-state index in [1.165, 1.54) is 22.3 Å². The van der Waals surface area contributed by atoms with E-state index in [1.807, 2.05) is 26.0 Å². The summed E-state index contributed by atoms with van der Waals surface area (Å²) in [5, 5.41) is 0. The lowest BCUT2D eigenvalue weighted by molar-refractivity contribution is -0.147. The second-order valence-electron chi connectivity index (χ2n) is 5.51. The van der Waals surface area contributed by atoms with Crippen LogP contribution >= 0.6 is 0 Å². The molecular formula is C18H18O2. The number of esters is 1. The summed E-state index contributed by atoms with van der Waals surface area (Å²) in [7, 11) is 0. The van der Waals surface area contributed by atoms with Crippen molar-refractivity contribution in [3.63, 3.8) is 0 Å². The SMILES string of the molecule is CC(C)C(=O)OCC1c2ccccc2-c2ccccc21. The first-order valence-electron chi connectivity index (χ1n) is 7.03. The normalized spacial score (nSPS) is 13.2. The van der Waals surface area contributed by atoms with Gasteiger partial charge in [0.1, 0.15) is 6.61 Å². The van der Waals surface area contributed by atoms with Crippen LogP contribution in [0.4, 0.5) is 0 Å². The van der Waals surface area contributed by atoms with Gasteiger partial charge in [-0.25, -0.2) is 0 Å². The Bertz CT molecular complexity index is 598. The van der Waals surface area contributed by atoms with Gasteiger partial charge in [-0.05, 0) is 22.3 Å². The molecule has 0 aliphatic heterocycles. The van der Waals surface area contributed by atoms with Crippen LogP contribution in [0.3, 0.4) is 0 Å². The number of hydrogen-bond donors (Lipinski definition) is 0. The van der Waals surface area contributed by atoms with Crippen molar-refractivity contribution in [2.45, 2.75) is 19.8 Å². The number of rotatable bonds is 3. The lowest BCUT2D eigenvalue weighted by Gasteiger charge is -2.15. The molecule has 2 aromatic carbocycles. The molecule has 0 atom stereocenters. The smallest absolute Gasteiger partial charge is 0.308 e. The third-order valence-electron chi connectivity index (χ3n) is 3.83. The van der Waals surface area contributed by atoms with Gasteiger partial charge in [-0.1, -0.05) is 62.4 Å². The predicted octanol–water partition coefficient (Wildman–Crippen LogP) is 4.00. The highest BCUT2D eigenvalue weighted by atomic mass is 16.5. The minimum Gasteiger partial charge on any atom is -0.464 e. The molecule has 20 heavy (non-hydrogen) atoms. The molecule has 0 spiro atoms. The van der Waals surface area contributed by atoms with Crippen molar-refractivity contribution in [2.24, 2.45) is 5.92 Å². The van der Waals surface area contributed by atoms with Gasteiger partial charge < -0.3 is 4.74 Å². The fourth-order valence-electron chi connectivity index (χ4n) is 2.77. The highest BCUT2D eigenvalue weighted by Crippen LogP contribution is 2.44. The van der Waals surface area contributed by atoms with Crippen molar-refractivity contribution in [3.05, 3.63) is 59.7 Å². The number of hydrogen-bond acceptors (Lipinski definition) is 2. The van der Waals surface area contributed by atoms with E-state index in [2.05, 4.69) is 36.4 Å². The molecule has 0 saturated carbocycles. The topological polar surface area (TPSA) is 26.3 Å². The summed E-state index contributed by atoms with van der Waals surface area (Å²) in [5.41, 5.74) is 5.03. The molecule has 1 aliphatic rings. The van der Waals surface area contributed by atoms with Gasteiger partial charge in [0.15, 0.2) is 0 Å². The van der Waals surface area contributed by atoms with Crippen LogP contribution in [0.15, 0.2) is 48.5 Å². The van der Waals surface area contributed by atoms with Gasteiger partial charge in [-0.15, -0.1) is 0 Å². The number of ether oxygens (including phenoxy) is 1. The first-order chi connectivity index (χ1) is 9.68. The number of carbonyl (C=O) groups excluding carboxylic acids is 1. The lowest BCUT2D eigenvalue weighted by Crippen LogP contribution is -2.16. The summed E-state index contributed by atoms with van der Waals surface area (Å²) in [6.07, 6.45) is 0. The average molecular weight is 266 g/mol. The average Bonchev–Trinajstić information content (AvgIpc) is 2.79. The minimum atomic E-state index is -0.133. The predicted molar refractivity (Wildman–Crippen MR) is 79.5 cm³/mol. The zero-order chi connectivity index (χ0) is 14.1. The standard InChI is InChI=1S/C18H18O2/c1-12(2)18(19)20-11-17-15-9-5-3-7-13(15)14-8-4-6-10-16(14)17/h3-10,12,17H,11H2,1-2H3. The molecule has 2 nitrogen and oxygen atoms in total. The highest BCUT2D eigenvalue weighted by Gasteiger charge is 2.29. The second-order valence-corrected chi connectivity index (χ2v) is 5.51.